The van der Waals surface area contributed by atoms with Crippen molar-refractivity contribution in [2.75, 3.05) is 6.54 Å². The maximum absolute atomic E-state index is 13.8. The summed E-state index contributed by atoms with van der Waals surface area (Å²) < 4.78 is 40.3. The summed E-state index contributed by atoms with van der Waals surface area (Å²) >= 11 is 0. The van der Waals surface area contributed by atoms with Gasteiger partial charge in [0.25, 0.3) is 5.91 Å². The normalized spacial score (nSPS) is 20.8. The number of hydrogen-bond acceptors (Lipinski definition) is 3. The summed E-state index contributed by atoms with van der Waals surface area (Å²) in [6.07, 6.45) is 1.56. The van der Waals surface area contributed by atoms with E-state index in [9.17, 15) is 23.1 Å². The van der Waals surface area contributed by atoms with E-state index in [0.717, 1.165) is 18.3 Å². The Morgan fingerprint density at radius 1 is 1.17 bits per heavy atom. The molecule has 2 unspecified atom stereocenters. The molecule has 2 heterocycles. The van der Waals surface area contributed by atoms with Crippen LogP contribution in [-0.2, 0) is 0 Å². The van der Waals surface area contributed by atoms with Crippen molar-refractivity contribution in [1.29, 1.82) is 0 Å². The van der Waals surface area contributed by atoms with Crippen LogP contribution in [0.15, 0.2) is 36.7 Å². The molecule has 4 nitrogen and oxygen atoms in total. The van der Waals surface area contributed by atoms with E-state index in [2.05, 4.69) is 4.98 Å². The zero-order valence-electron chi connectivity index (χ0n) is 11.9. The van der Waals surface area contributed by atoms with Crippen LogP contribution in [0.2, 0.25) is 0 Å². The fraction of sp³-hybridized carbons (Fsp3) is 0.250. The monoisotopic (exact) mass is 322 g/mol. The molecule has 0 bridgehead atoms. The fourth-order valence-electron chi connectivity index (χ4n) is 2.78. The molecule has 2 aromatic rings. The molecule has 0 saturated carbocycles. The van der Waals surface area contributed by atoms with Crippen molar-refractivity contribution in [2.24, 2.45) is 0 Å². The van der Waals surface area contributed by atoms with E-state index in [1.807, 2.05) is 0 Å². The molecule has 1 aliphatic rings. The molecular formula is C16H13F3N2O2. The van der Waals surface area contributed by atoms with Crippen LogP contribution in [-0.4, -0.2) is 33.5 Å². The van der Waals surface area contributed by atoms with Crippen molar-refractivity contribution < 1.29 is 23.1 Å². The quantitative estimate of drug-likeness (QED) is 0.924. The molecule has 0 aliphatic carbocycles. The minimum Gasteiger partial charge on any atom is -0.391 e. The smallest absolute Gasteiger partial charge is 0.257 e. The van der Waals surface area contributed by atoms with E-state index >= 15 is 0 Å². The summed E-state index contributed by atoms with van der Waals surface area (Å²) in [5.41, 5.74) is 0.171. The topological polar surface area (TPSA) is 53.4 Å². The lowest BCUT2D eigenvalue weighted by atomic mass is 10.0. The van der Waals surface area contributed by atoms with Crippen molar-refractivity contribution >= 4 is 5.91 Å². The zero-order valence-corrected chi connectivity index (χ0v) is 11.9. The van der Waals surface area contributed by atoms with Crippen LogP contribution < -0.4 is 0 Å². The number of benzene rings is 1. The number of pyridine rings is 1. The summed E-state index contributed by atoms with van der Waals surface area (Å²) in [5, 5.41) is 9.85. The van der Waals surface area contributed by atoms with E-state index in [1.165, 1.54) is 23.2 Å². The average molecular weight is 322 g/mol. The van der Waals surface area contributed by atoms with Crippen LogP contribution in [0, 0.1) is 17.5 Å². The minimum absolute atomic E-state index is 0.00966. The molecule has 1 aliphatic heterocycles. The second kappa shape index (κ2) is 6.00. The number of hydrogen-bond donors (Lipinski definition) is 1. The van der Waals surface area contributed by atoms with Gasteiger partial charge in [0.1, 0.15) is 0 Å². The number of carbonyl (C=O) groups excluding carboxylic acids is 1. The Balaban J connectivity index is 1.95. The molecule has 0 spiro atoms. The Labute approximate surface area is 130 Å². The highest BCUT2D eigenvalue weighted by atomic mass is 19.2. The molecule has 1 aromatic carbocycles. The summed E-state index contributed by atoms with van der Waals surface area (Å²) in [6, 6.07) is 3.89. The molecule has 23 heavy (non-hydrogen) atoms. The van der Waals surface area contributed by atoms with Gasteiger partial charge in [-0.25, -0.2) is 13.2 Å². The molecule has 1 saturated heterocycles. The molecule has 1 fully saturated rings. The first-order chi connectivity index (χ1) is 11.0. The number of amides is 1. The number of aromatic nitrogens is 1. The third-order valence-electron chi connectivity index (χ3n) is 3.87. The highest BCUT2D eigenvalue weighted by Crippen LogP contribution is 2.34. The molecule has 7 heteroatoms. The highest BCUT2D eigenvalue weighted by molar-refractivity contribution is 5.94. The van der Waals surface area contributed by atoms with E-state index in [4.69, 9.17) is 0 Å². The van der Waals surface area contributed by atoms with Crippen LogP contribution in [0.25, 0.3) is 0 Å². The Hall–Kier alpha value is -2.41. The van der Waals surface area contributed by atoms with E-state index < -0.39 is 35.5 Å². The van der Waals surface area contributed by atoms with Crippen molar-refractivity contribution in [3.63, 3.8) is 0 Å². The van der Waals surface area contributed by atoms with Gasteiger partial charge < -0.3 is 10.0 Å². The molecule has 1 N–H and O–H groups in total. The van der Waals surface area contributed by atoms with E-state index in [0.29, 0.717) is 5.56 Å². The van der Waals surface area contributed by atoms with E-state index in [1.54, 1.807) is 0 Å². The van der Waals surface area contributed by atoms with Gasteiger partial charge in [-0.15, -0.1) is 0 Å². The van der Waals surface area contributed by atoms with Crippen LogP contribution in [0.4, 0.5) is 13.2 Å². The number of aliphatic hydroxyl groups is 1. The zero-order chi connectivity index (χ0) is 16.6. The SMILES string of the molecule is O=C(c1ccncc1F)N1CC(O)CC1c1ccc(F)c(F)c1. The minimum atomic E-state index is -1.04. The van der Waals surface area contributed by atoms with Crippen LogP contribution in [0.5, 0.6) is 0 Å². The number of halogens is 3. The van der Waals surface area contributed by atoms with Gasteiger partial charge in [-0.2, -0.15) is 0 Å². The van der Waals surface area contributed by atoms with Crippen molar-refractivity contribution in [1.82, 2.24) is 9.88 Å². The summed E-state index contributed by atoms with van der Waals surface area (Å²) in [4.78, 5) is 17.4. The maximum Gasteiger partial charge on any atom is 0.257 e. The van der Waals surface area contributed by atoms with Gasteiger partial charge in [0.2, 0.25) is 0 Å². The molecule has 0 radical (unpaired) electrons. The van der Waals surface area contributed by atoms with Crippen molar-refractivity contribution in [3.05, 3.63) is 65.2 Å². The number of likely N-dealkylation sites (tertiary alicyclic amines) is 1. The van der Waals surface area contributed by atoms with E-state index in [-0.39, 0.29) is 18.5 Å². The summed E-state index contributed by atoms with van der Waals surface area (Å²) in [7, 11) is 0. The van der Waals surface area contributed by atoms with Crippen molar-refractivity contribution in [2.45, 2.75) is 18.6 Å². The fourth-order valence-corrected chi connectivity index (χ4v) is 2.78. The molecule has 3 rings (SSSR count). The third-order valence-corrected chi connectivity index (χ3v) is 3.87. The maximum atomic E-state index is 13.8. The third kappa shape index (κ3) is 2.92. The number of rotatable bonds is 2. The van der Waals surface area contributed by atoms with Gasteiger partial charge in [0, 0.05) is 12.7 Å². The molecule has 1 aromatic heterocycles. The standard InChI is InChI=1S/C16H13F3N2O2/c17-12-2-1-9(5-13(12)18)15-6-10(22)8-21(15)16(23)11-3-4-20-7-14(11)19/h1-5,7,10,15,22H,6,8H2. The molecule has 120 valence electrons. The van der Waals surface area contributed by atoms with Gasteiger partial charge in [-0.05, 0) is 30.2 Å². The first-order valence-corrected chi connectivity index (χ1v) is 7.01. The number of nitrogens with zero attached hydrogens (tertiary/aromatic N) is 2. The van der Waals surface area contributed by atoms with Gasteiger partial charge in [-0.1, -0.05) is 6.07 Å². The number of aliphatic hydroxyl groups excluding tert-OH is 1. The Kier molecular flexibility index (Phi) is 4.04. The first-order valence-electron chi connectivity index (χ1n) is 7.01. The Morgan fingerprint density at radius 3 is 2.65 bits per heavy atom. The largest absolute Gasteiger partial charge is 0.391 e. The predicted octanol–water partition coefficient (Wildman–Crippen LogP) is 2.45. The Bertz CT molecular complexity index is 754. The first kappa shape index (κ1) is 15.5. The molecule has 1 amide bonds. The highest BCUT2D eigenvalue weighted by Gasteiger charge is 2.36. The van der Waals surface area contributed by atoms with Gasteiger partial charge in [0.05, 0.1) is 23.9 Å². The second-order valence-corrected chi connectivity index (χ2v) is 5.39. The number of β-amino-alcohol motifs (C(OH)–C–C–N with tert-alkyl or cyclic N) is 1. The lowest BCUT2D eigenvalue weighted by Crippen LogP contribution is -2.32. The molecular weight excluding hydrogens is 309 g/mol. The predicted molar refractivity (Wildman–Crippen MR) is 75.0 cm³/mol. The van der Waals surface area contributed by atoms with Gasteiger partial charge >= 0.3 is 0 Å². The van der Waals surface area contributed by atoms with Gasteiger partial charge in [0.15, 0.2) is 17.5 Å². The average Bonchev–Trinajstić information content (AvgIpc) is 2.92. The second-order valence-electron chi connectivity index (χ2n) is 5.39. The summed E-state index contributed by atoms with van der Waals surface area (Å²) in [5.74, 6) is -3.43. The van der Waals surface area contributed by atoms with Crippen LogP contribution >= 0.6 is 0 Å². The lowest BCUT2D eigenvalue weighted by molar-refractivity contribution is 0.0710. The van der Waals surface area contributed by atoms with Crippen molar-refractivity contribution in [3.8, 4) is 0 Å². The molecule has 2 atom stereocenters. The Morgan fingerprint density at radius 2 is 1.96 bits per heavy atom. The lowest BCUT2D eigenvalue weighted by Gasteiger charge is -2.25. The summed E-state index contributed by atoms with van der Waals surface area (Å²) in [6.45, 7) is -0.00966. The number of carbonyl (C=O) groups is 1. The van der Waals surface area contributed by atoms with Crippen LogP contribution in [0.3, 0.4) is 0 Å². The van der Waals surface area contributed by atoms with Crippen LogP contribution in [0.1, 0.15) is 28.4 Å². The van der Waals surface area contributed by atoms with Gasteiger partial charge in [-0.3, -0.25) is 9.78 Å².